The topological polar surface area (TPSA) is 18.5 Å². The van der Waals surface area contributed by atoms with Crippen LogP contribution in [0.5, 0.6) is 0 Å². The Kier molecular flexibility index (Phi) is 7.87. The molecular formula is C15H30O2. The molecule has 0 aromatic carbocycles. The Morgan fingerprint density at radius 1 is 0.824 bits per heavy atom. The Labute approximate surface area is 107 Å². The van der Waals surface area contributed by atoms with Crippen molar-refractivity contribution in [2.45, 2.75) is 72.0 Å². The van der Waals surface area contributed by atoms with E-state index in [9.17, 15) is 0 Å². The van der Waals surface area contributed by atoms with Gasteiger partial charge in [-0.2, -0.15) is 0 Å². The van der Waals surface area contributed by atoms with E-state index in [2.05, 4.69) is 0 Å². The summed E-state index contributed by atoms with van der Waals surface area (Å²) in [4.78, 5) is 0. The number of fused-ring (bicyclic) bond motifs is 1. The maximum atomic E-state index is 5.06. The van der Waals surface area contributed by atoms with Crippen molar-refractivity contribution in [3.63, 3.8) is 0 Å². The van der Waals surface area contributed by atoms with Crippen molar-refractivity contribution >= 4 is 0 Å². The van der Waals surface area contributed by atoms with Crippen LogP contribution in [0.1, 0.15) is 65.7 Å². The van der Waals surface area contributed by atoms with Crippen LogP contribution >= 0.6 is 0 Å². The molecule has 0 aliphatic heterocycles. The molecule has 0 aromatic heterocycles. The van der Waals surface area contributed by atoms with Gasteiger partial charge in [-0.05, 0) is 32.6 Å². The van der Waals surface area contributed by atoms with Gasteiger partial charge in [0.05, 0.1) is 0 Å². The summed E-state index contributed by atoms with van der Waals surface area (Å²) in [6.45, 7) is 7.25. The molecular weight excluding hydrogens is 212 g/mol. The molecule has 0 radical (unpaired) electrons. The summed E-state index contributed by atoms with van der Waals surface area (Å²) in [5.41, 5.74) is 0. The summed E-state index contributed by atoms with van der Waals surface area (Å²) in [5, 5.41) is 0. The van der Waals surface area contributed by atoms with Gasteiger partial charge in [-0.3, -0.25) is 0 Å². The van der Waals surface area contributed by atoms with E-state index >= 15 is 0 Å². The van der Waals surface area contributed by atoms with Crippen molar-refractivity contribution in [1.29, 1.82) is 0 Å². The molecule has 0 saturated heterocycles. The minimum atomic E-state index is -0.0370. The minimum absolute atomic E-state index is 0.0370. The Morgan fingerprint density at radius 2 is 1.24 bits per heavy atom. The first-order valence-corrected chi connectivity index (χ1v) is 7.51. The molecule has 17 heavy (non-hydrogen) atoms. The Morgan fingerprint density at radius 3 is 1.65 bits per heavy atom. The molecule has 2 atom stereocenters. The van der Waals surface area contributed by atoms with E-state index in [1.165, 1.54) is 31.1 Å². The smallest absolute Gasteiger partial charge is 0.154 e. The zero-order valence-corrected chi connectivity index (χ0v) is 11.9. The lowest BCUT2D eigenvalue weighted by molar-refractivity contribution is -0.123. The van der Waals surface area contributed by atoms with Crippen molar-refractivity contribution < 1.29 is 9.47 Å². The van der Waals surface area contributed by atoms with Gasteiger partial charge in [0.2, 0.25) is 0 Å². The second-order valence-corrected chi connectivity index (χ2v) is 5.21. The van der Waals surface area contributed by atoms with Gasteiger partial charge in [0.1, 0.15) is 0 Å². The van der Waals surface area contributed by atoms with Crippen molar-refractivity contribution in [3.8, 4) is 0 Å². The predicted molar refractivity (Wildman–Crippen MR) is 72.0 cm³/mol. The van der Waals surface area contributed by atoms with E-state index < -0.39 is 0 Å². The van der Waals surface area contributed by atoms with Crippen LogP contribution in [0.3, 0.4) is 0 Å². The first-order valence-electron chi connectivity index (χ1n) is 7.51. The predicted octanol–water partition coefficient (Wildman–Crippen LogP) is 4.38. The average Bonchev–Trinajstić information content (AvgIpc) is 2.78. The molecule has 0 aromatic rings. The van der Waals surface area contributed by atoms with Crippen molar-refractivity contribution in [1.82, 2.24) is 0 Å². The van der Waals surface area contributed by atoms with Gasteiger partial charge in [-0.1, -0.05) is 44.9 Å². The molecule has 2 saturated carbocycles. The van der Waals surface area contributed by atoms with Gasteiger partial charge in [0.25, 0.3) is 0 Å². The normalized spacial score (nSPS) is 27.5. The highest BCUT2D eigenvalue weighted by Gasteiger charge is 2.28. The lowest BCUT2D eigenvalue weighted by Crippen LogP contribution is -2.12. The summed E-state index contributed by atoms with van der Waals surface area (Å²) in [7, 11) is 0. The summed E-state index contributed by atoms with van der Waals surface area (Å²) >= 11 is 0. The molecule has 2 unspecified atom stereocenters. The highest BCUT2D eigenvalue weighted by Crippen LogP contribution is 2.41. The average molecular weight is 242 g/mol. The van der Waals surface area contributed by atoms with Gasteiger partial charge in [-0.15, -0.1) is 0 Å². The Bertz CT molecular complexity index is 164. The molecule has 102 valence electrons. The molecule has 2 nitrogen and oxygen atoms in total. The van der Waals surface area contributed by atoms with Crippen LogP contribution in [0.15, 0.2) is 0 Å². The van der Waals surface area contributed by atoms with Gasteiger partial charge in [0, 0.05) is 13.2 Å². The summed E-state index contributed by atoms with van der Waals surface area (Å²) in [6, 6.07) is 0. The SMILES string of the molecule is C1CCC2CCCC2C1.CCOC(C)OCC. The third-order valence-electron chi connectivity index (χ3n) is 4.02. The molecule has 2 aliphatic carbocycles. The fraction of sp³-hybridized carbons (Fsp3) is 1.00. The summed E-state index contributed by atoms with van der Waals surface area (Å²) < 4.78 is 10.1. The Hall–Kier alpha value is -0.0800. The maximum absolute atomic E-state index is 5.06. The van der Waals surface area contributed by atoms with Crippen LogP contribution in [0.25, 0.3) is 0 Å². The second-order valence-electron chi connectivity index (χ2n) is 5.21. The zero-order valence-electron chi connectivity index (χ0n) is 11.9. The summed E-state index contributed by atoms with van der Waals surface area (Å²) in [6.07, 6.45) is 10.8. The van der Waals surface area contributed by atoms with Crippen molar-refractivity contribution in [2.24, 2.45) is 11.8 Å². The van der Waals surface area contributed by atoms with Gasteiger partial charge in [0.15, 0.2) is 6.29 Å². The van der Waals surface area contributed by atoms with E-state index in [1.54, 1.807) is 25.7 Å². The first-order chi connectivity index (χ1) is 8.27. The van der Waals surface area contributed by atoms with Crippen LogP contribution in [0, 0.1) is 11.8 Å². The largest absolute Gasteiger partial charge is 0.353 e. The number of rotatable bonds is 4. The third kappa shape index (κ3) is 5.87. The fourth-order valence-electron chi connectivity index (χ4n) is 3.20. The van der Waals surface area contributed by atoms with Crippen LogP contribution in [-0.2, 0) is 9.47 Å². The van der Waals surface area contributed by atoms with E-state index in [4.69, 9.17) is 9.47 Å². The minimum Gasteiger partial charge on any atom is -0.353 e. The highest BCUT2D eigenvalue weighted by molar-refractivity contribution is 4.80. The number of hydrogen-bond donors (Lipinski definition) is 0. The second kappa shape index (κ2) is 8.93. The quantitative estimate of drug-likeness (QED) is 0.681. The molecule has 2 rings (SSSR count). The van der Waals surface area contributed by atoms with Gasteiger partial charge in [-0.25, -0.2) is 0 Å². The highest BCUT2D eigenvalue weighted by atomic mass is 16.7. The van der Waals surface area contributed by atoms with E-state index in [-0.39, 0.29) is 6.29 Å². The lowest BCUT2D eigenvalue weighted by atomic mass is 9.82. The first kappa shape index (κ1) is 15.0. The third-order valence-corrected chi connectivity index (χ3v) is 4.02. The standard InChI is InChI=1S/C9H16.C6H14O2/c1-2-5-9-7-3-6-8(9)4-1;1-4-7-6(3)8-5-2/h8-9H,1-7H2;6H,4-5H2,1-3H3. The number of ether oxygens (including phenoxy) is 2. The lowest BCUT2D eigenvalue weighted by Gasteiger charge is -2.24. The maximum Gasteiger partial charge on any atom is 0.154 e. The summed E-state index contributed by atoms with van der Waals surface area (Å²) in [5.74, 6) is 2.33. The monoisotopic (exact) mass is 242 g/mol. The molecule has 0 spiro atoms. The van der Waals surface area contributed by atoms with Crippen LogP contribution in [-0.4, -0.2) is 19.5 Å². The van der Waals surface area contributed by atoms with E-state index in [0.717, 1.165) is 13.2 Å². The molecule has 0 heterocycles. The van der Waals surface area contributed by atoms with Gasteiger partial charge >= 0.3 is 0 Å². The molecule has 0 bridgehead atoms. The van der Waals surface area contributed by atoms with Crippen LogP contribution < -0.4 is 0 Å². The van der Waals surface area contributed by atoms with Gasteiger partial charge < -0.3 is 9.47 Å². The molecule has 2 heteroatoms. The molecule has 2 aliphatic rings. The zero-order chi connectivity index (χ0) is 12.5. The molecule has 2 fully saturated rings. The molecule has 0 N–H and O–H groups in total. The van der Waals surface area contributed by atoms with Crippen molar-refractivity contribution in [2.75, 3.05) is 13.2 Å². The van der Waals surface area contributed by atoms with Crippen LogP contribution in [0.2, 0.25) is 0 Å². The van der Waals surface area contributed by atoms with E-state index in [1.807, 2.05) is 20.8 Å². The number of hydrogen-bond acceptors (Lipinski definition) is 2. The Balaban J connectivity index is 0.000000172. The van der Waals surface area contributed by atoms with E-state index in [0.29, 0.717) is 0 Å². The fourth-order valence-corrected chi connectivity index (χ4v) is 3.20. The van der Waals surface area contributed by atoms with Crippen molar-refractivity contribution in [3.05, 3.63) is 0 Å². The van der Waals surface area contributed by atoms with Crippen LogP contribution in [0.4, 0.5) is 0 Å². The molecule has 0 amide bonds.